The van der Waals surface area contributed by atoms with Crippen LogP contribution in [0.3, 0.4) is 0 Å². The summed E-state index contributed by atoms with van der Waals surface area (Å²) in [6.45, 7) is 2.72. The van der Waals surface area contributed by atoms with E-state index < -0.39 is 0 Å². The summed E-state index contributed by atoms with van der Waals surface area (Å²) in [6, 6.07) is 8.99. The molecule has 1 aliphatic rings. The first-order chi connectivity index (χ1) is 11.1. The summed E-state index contributed by atoms with van der Waals surface area (Å²) >= 11 is 1.74. The monoisotopic (exact) mass is 327 g/mol. The molecule has 2 heterocycles. The summed E-state index contributed by atoms with van der Waals surface area (Å²) in [5.41, 5.74) is 2.21. The Bertz CT molecular complexity index is 778. The van der Waals surface area contributed by atoms with Crippen LogP contribution in [0.2, 0.25) is 0 Å². The molecule has 118 valence electrons. The van der Waals surface area contributed by atoms with E-state index in [2.05, 4.69) is 22.8 Å². The lowest BCUT2D eigenvalue weighted by Crippen LogP contribution is -2.41. The van der Waals surface area contributed by atoms with E-state index in [4.69, 9.17) is 10.00 Å². The zero-order chi connectivity index (χ0) is 16.4. The molecule has 2 amide bonds. The lowest BCUT2D eigenvalue weighted by atomic mass is 10.0. The number of hydrogen-bond donors (Lipinski definition) is 1. The highest BCUT2D eigenvalue weighted by Crippen LogP contribution is 2.34. The third kappa shape index (κ3) is 2.88. The van der Waals surface area contributed by atoms with Crippen molar-refractivity contribution in [3.05, 3.63) is 45.6 Å². The number of amides is 2. The quantitative estimate of drug-likeness (QED) is 0.913. The fourth-order valence-corrected chi connectivity index (χ4v) is 3.81. The van der Waals surface area contributed by atoms with Gasteiger partial charge < -0.3 is 15.0 Å². The van der Waals surface area contributed by atoms with Crippen molar-refractivity contribution in [2.45, 2.75) is 19.4 Å². The highest BCUT2D eigenvalue weighted by Gasteiger charge is 2.28. The summed E-state index contributed by atoms with van der Waals surface area (Å²) in [7, 11) is 1.54. The van der Waals surface area contributed by atoms with Gasteiger partial charge in [-0.15, -0.1) is 11.3 Å². The predicted octanol–water partition coefficient (Wildman–Crippen LogP) is 3.78. The number of methoxy groups -OCH3 is 1. The Morgan fingerprint density at radius 3 is 3.04 bits per heavy atom. The molecule has 1 N–H and O–H groups in total. The minimum absolute atomic E-state index is 0.0372. The van der Waals surface area contributed by atoms with Crippen LogP contribution in [0.25, 0.3) is 0 Å². The van der Waals surface area contributed by atoms with Gasteiger partial charge in [-0.3, -0.25) is 0 Å². The molecule has 1 aliphatic heterocycles. The first-order valence-electron chi connectivity index (χ1n) is 7.36. The van der Waals surface area contributed by atoms with E-state index in [0.717, 1.165) is 6.42 Å². The number of nitrogens with one attached hydrogen (secondary N) is 1. The van der Waals surface area contributed by atoms with Gasteiger partial charge in [-0.1, -0.05) is 0 Å². The summed E-state index contributed by atoms with van der Waals surface area (Å²) in [4.78, 5) is 15.8. The molecule has 0 bridgehead atoms. The Balaban J connectivity index is 1.82. The van der Waals surface area contributed by atoms with Crippen molar-refractivity contribution in [3.63, 3.8) is 0 Å². The second-order valence-corrected chi connectivity index (χ2v) is 6.38. The molecule has 1 atom stereocenters. The normalized spacial score (nSPS) is 16.4. The molecule has 0 aliphatic carbocycles. The molecule has 23 heavy (non-hydrogen) atoms. The van der Waals surface area contributed by atoms with Gasteiger partial charge in [0.05, 0.1) is 30.5 Å². The van der Waals surface area contributed by atoms with E-state index >= 15 is 0 Å². The van der Waals surface area contributed by atoms with Crippen LogP contribution in [0.15, 0.2) is 29.6 Å². The smallest absolute Gasteiger partial charge is 0.322 e. The number of carbonyl (C=O) groups is 1. The third-order valence-corrected chi connectivity index (χ3v) is 5.10. The van der Waals surface area contributed by atoms with Crippen molar-refractivity contribution in [1.82, 2.24) is 4.90 Å². The molecule has 0 saturated carbocycles. The van der Waals surface area contributed by atoms with Crippen molar-refractivity contribution < 1.29 is 9.53 Å². The maximum Gasteiger partial charge on any atom is 0.322 e. The minimum Gasteiger partial charge on any atom is -0.495 e. The Morgan fingerprint density at radius 1 is 1.48 bits per heavy atom. The summed E-state index contributed by atoms with van der Waals surface area (Å²) in [5.74, 6) is 0.540. The number of nitrogens with zero attached hydrogens (tertiary/aromatic N) is 2. The van der Waals surface area contributed by atoms with Crippen LogP contribution in [0.1, 0.15) is 29.0 Å². The molecule has 2 aromatic rings. The van der Waals surface area contributed by atoms with Crippen LogP contribution in [-0.2, 0) is 6.42 Å². The first kappa shape index (κ1) is 15.4. The van der Waals surface area contributed by atoms with Gasteiger partial charge in [-0.2, -0.15) is 5.26 Å². The van der Waals surface area contributed by atoms with Gasteiger partial charge in [0, 0.05) is 11.4 Å². The Kier molecular flexibility index (Phi) is 4.22. The standard InChI is InChI=1S/C17H17N3O2S/c1-11-13-6-8-23-16(13)5-7-20(11)17(21)19-14-9-12(10-18)3-4-15(14)22-2/h3-4,6,8-9,11H,5,7H2,1-2H3,(H,19,21)/t11-/m0/s1. The van der Waals surface area contributed by atoms with Crippen molar-refractivity contribution in [2.24, 2.45) is 0 Å². The Morgan fingerprint density at radius 2 is 2.30 bits per heavy atom. The van der Waals surface area contributed by atoms with Crippen LogP contribution in [0, 0.1) is 11.3 Å². The number of anilines is 1. The number of thiophene rings is 1. The van der Waals surface area contributed by atoms with Crippen molar-refractivity contribution in [1.29, 1.82) is 5.26 Å². The molecule has 0 spiro atoms. The number of ether oxygens (including phenoxy) is 1. The van der Waals surface area contributed by atoms with E-state index in [1.807, 2.05) is 11.8 Å². The van der Waals surface area contributed by atoms with E-state index in [9.17, 15) is 4.79 Å². The largest absolute Gasteiger partial charge is 0.495 e. The van der Waals surface area contributed by atoms with Crippen LogP contribution >= 0.6 is 11.3 Å². The van der Waals surface area contributed by atoms with Gasteiger partial charge in [0.2, 0.25) is 0 Å². The predicted molar refractivity (Wildman–Crippen MR) is 89.9 cm³/mol. The number of nitriles is 1. The maximum absolute atomic E-state index is 12.7. The SMILES string of the molecule is COc1ccc(C#N)cc1NC(=O)N1CCc2sccc2[C@@H]1C. The average Bonchev–Trinajstić information content (AvgIpc) is 3.04. The van der Waals surface area contributed by atoms with Gasteiger partial charge >= 0.3 is 6.03 Å². The highest BCUT2D eigenvalue weighted by molar-refractivity contribution is 7.10. The lowest BCUT2D eigenvalue weighted by Gasteiger charge is -2.33. The second kappa shape index (κ2) is 6.31. The number of fused-ring (bicyclic) bond motifs is 1. The molecular formula is C17H17N3O2S. The van der Waals surface area contributed by atoms with Gasteiger partial charge in [-0.25, -0.2) is 4.79 Å². The van der Waals surface area contributed by atoms with Crippen molar-refractivity contribution >= 4 is 23.1 Å². The highest BCUT2D eigenvalue weighted by atomic mass is 32.1. The van der Waals surface area contributed by atoms with Gasteiger partial charge in [0.15, 0.2) is 0 Å². The van der Waals surface area contributed by atoms with Crippen LogP contribution in [-0.4, -0.2) is 24.6 Å². The number of carbonyl (C=O) groups excluding carboxylic acids is 1. The molecule has 0 fully saturated rings. The van der Waals surface area contributed by atoms with E-state index in [-0.39, 0.29) is 12.1 Å². The van der Waals surface area contributed by atoms with Gasteiger partial charge in [0.25, 0.3) is 0 Å². The van der Waals surface area contributed by atoms with Gasteiger partial charge in [0.1, 0.15) is 5.75 Å². The molecule has 1 aromatic carbocycles. The lowest BCUT2D eigenvalue weighted by molar-refractivity contribution is 0.189. The fraction of sp³-hybridized carbons (Fsp3) is 0.294. The van der Waals surface area contributed by atoms with Crippen LogP contribution in [0.4, 0.5) is 10.5 Å². The van der Waals surface area contributed by atoms with Crippen LogP contribution < -0.4 is 10.1 Å². The first-order valence-corrected chi connectivity index (χ1v) is 8.24. The number of rotatable bonds is 2. The van der Waals surface area contributed by atoms with Crippen molar-refractivity contribution in [3.8, 4) is 11.8 Å². The molecule has 0 saturated heterocycles. The molecule has 1 aromatic heterocycles. The van der Waals surface area contributed by atoms with Crippen molar-refractivity contribution in [2.75, 3.05) is 19.0 Å². The molecular weight excluding hydrogens is 310 g/mol. The summed E-state index contributed by atoms with van der Waals surface area (Å²) in [6.07, 6.45) is 0.875. The Labute approximate surface area is 139 Å². The molecule has 6 heteroatoms. The minimum atomic E-state index is -0.178. The second-order valence-electron chi connectivity index (χ2n) is 5.38. The van der Waals surface area contributed by atoms with E-state index in [1.54, 1.807) is 29.5 Å². The topological polar surface area (TPSA) is 65.4 Å². The maximum atomic E-state index is 12.7. The number of hydrogen-bond acceptors (Lipinski definition) is 4. The summed E-state index contributed by atoms with van der Waals surface area (Å²) in [5, 5.41) is 14.0. The zero-order valence-electron chi connectivity index (χ0n) is 13.0. The molecule has 3 rings (SSSR count). The number of benzene rings is 1. The zero-order valence-corrected chi connectivity index (χ0v) is 13.8. The number of urea groups is 1. The molecule has 0 radical (unpaired) electrons. The average molecular weight is 327 g/mol. The molecule has 5 nitrogen and oxygen atoms in total. The van der Waals surface area contributed by atoms with E-state index in [0.29, 0.717) is 23.5 Å². The summed E-state index contributed by atoms with van der Waals surface area (Å²) < 4.78 is 5.26. The van der Waals surface area contributed by atoms with E-state index in [1.165, 1.54) is 17.6 Å². The third-order valence-electron chi connectivity index (χ3n) is 4.11. The molecule has 0 unspecified atom stereocenters. The van der Waals surface area contributed by atoms with Crippen LogP contribution in [0.5, 0.6) is 5.75 Å². The fourth-order valence-electron chi connectivity index (χ4n) is 2.85. The van der Waals surface area contributed by atoms with Gasteiger partial charge in [-0.05, 0) is 48.6 Å². The Hall–Kier alpha value is -2.52.